The van der Waals surface area contributed by atoms with E-state index < -0.39 is 16.9 Å². The number of nitrogens with one attached hydrogen (secondary N) is 2. The van der Waals surface area contributed by atoms with Crippen molar-refractivity contribution in [1.82, 2.24) is 10.6 Å². The summed E-state index contributed by atoms with van der Waals surface area (Å²) in [5, 5.41) is 15.2. The molecule has 8 heteroatoms. The highest BCUT2D eigenvalue weighted by atomic mass is 127. The summed E-state index contributed by atoms with van der Waals surface area (Å²) in [4.78, 5) is 32.9. The summed E-state index contributed by atoms with van der Waals surface area (Å²) in [6.07, 6.45) is 0. The minimum atomic E-state index is -0.680. The molecule has 7 nitrogen and oxygen atoms in total. The molecular formula is C10H10IN3O4. The monoisotopic (exact) mass is 363 g/mol. The first-order chi connectivity index (χ1) is 8.45. The molecule has 0 saturated heterocycles. The number of hydrogen-bond acceptors (Lipinski definition) is 4. The molecule has 0 unspecified atom stereocenters. The number of urea groups is 1. The number of carbonyl (C=O) groups excluding carboxylic acids is 2. The summed E-state index contributed by atoms with van der Waals surface area (Å²) in [7, 11) is 0. The topological polar surface area (TPSA) is 101 Å². The van der Waals surface area contributed by atoms with Crippen LogP contribution in [0.1, 0.15) is 17.3 Å². The van der Waals surface area contributed by atoms with Gasteiger partial charge in [0.1, 0.15) is 0 Å². The number of nitro groups is 1. The molecule has 0 bridgehead atoms. The van der Waals surface area contributed by atoms with Crippen molar-refractivity contribution >= 4 is 40.2 Å². The molecule has 96 valence electrons. The minimum Gasteiger partial charge on any atom is -0.338 e. The number of imide groups is 1. The van der Waals surface area contributed by atoms with Crippen LogP contribution in [0.5, 0.6) is 0 Å². The minimum absolute atomic E-state index is 0.0633. The highest BCUT2D eigenvalue weighted by Crippen LogP contribution is 2.21. The largest absolute Gasteiger partial charge is 0.338 e. The van der Waals surface area contributed by atoms with E-state index in [-0.39, 0.29) is 11.3 Å². The first-order valence-electron chi connectivity index (χ1n) is 4.98. The molecule has 1 rings (SSSR count). The second-order valence-corrected chi connectivity index (χ2v) is 4.40. The van der Waals surface area contributed by atoms with Gasteiger partial charge in [-0.1, -0.05) is 0 Å². The molecule has 0 radical (unpaired) electrons. The number of amides is 3. The third kappa shape index (κ3) is 3.65. The van der Waals surface area contributed by atoms with Crippen LogP contribution in [-0.4, -0.2) is 23.4 Å². The molecule has 2 N–H and O–H groups in total. The highest BCUT2D eigenvalue weighted by Gasteiger charge is 2.16. The fourth-order valence-electron chi connectivity index (χ4n) is 1.17. The van der Waals surface area contributed by atoms with Gasteiger partial charge in [0.25, 0.3) is 11.6 Å². The number of hydrogen-bond donors (Lipinski definition) is 2. The lowest BCUT2D eigenvalue weighted by molar-refractivity contribution is -0.385. The van der Waals surface area contributed by atoms with Gasteiger partial charge in [0.2, 0.25) is 0 Å². The summed E-state index contributed by atoms with van der Waals surface area (Å²) < 4.78 is 0.423. The fourth-order valence-corrected chi connectivity index (χ4v) is 1.71. The summed E-state index contributed by atoms with van der Waals surface area (Å²) in [6, 6.07) is 3.37. The van der Waals surface area contributed by atoms with E-state index in [1.165, 1.54) is 12.1 Å². The van der Waals surface area contributed by atoms with Gasteiger partial charge in [0.05, 0.1) is 8.49 Å². The van der Waals surface area contributed by atoms with Gasteiger partial charge >= 0.3 is 6.03 Å². The zero-order chi connectivity index (χ0) is 13.7. The second-order valence-electron chi connectivity index (χ2n) is 3.24. The molecular weight excluding hydrogens is 353 g/mol. The molecule has 0 heterocycles. The first-order valence-corrected chi connectivity index (χ1v) is 6.06. The van der Waals surface area contributed by atoms with Crippen LogP contribution in [0.4, 0.5) is 10.5 Å². The number of benzene rings is 1. The lowest BCUT2D eigenvalue weighted by Crippen LogP contribution is -2.39. The van der Waals surface area contributed by atoms with Crippen LogP contribution in [-0.2, 0) is 0 Å². The van der Waals surface area contributed by atoms with Crippen molar-refractivity contribution in [3.8, 4) is 0 Å². The van der Waals surface area contributed by atoms with Gasteiger partial charge < -0.3 is 5.32 Å². The van der Waals surface area contributed by atoms with Crippen LogP contribution in [0, 0.1) is 13.7 Å². The van der Waals surface area contributed by atoms with Crippen molar-refractivity contribution in [2.75, 3.05) is 6.54 Å². The van der Waals surface area contributed by atoms with Crippen molar-refractivity contribution in [1.29, 1.82) is 0 Å². The zero-order valence-electron chi connectivity index (χ0n) is 9.40. The summed E-state index contributed by atoms with van der Waals surface area (Å²) >= 11 is 1.80. The molecule has 3 amide bonds. The van der Waals surface area contributed by atoms with E-state index in [4.69, 9.17) is 0 Å². The van der Waals surface area contributed by atoms with Crippen LogP contribution in [0.2, 0.25) is 0 Å². The molecule has 0 saturated carbocycles. The average Bonchev–Trinajstić information content (AvgIpc) is 2.29. The molecule has 0 spiro atoms. The molecule has 18 heavy (non-hydrogen) atoms. The lowest BCUT2D eigenvalue weighted by atomic mass is 10.2. The molecule has 0 aliphatic carbocycles. The van der Waals surface area contributed by atoms with E-state index in [1.807, 2.05) is 0 Å². The van der Waals surface area contributed by atoms with Gasteiger partial charge in [0.15, 0.2) is 0 Å². The number of halogens is 1. The highest BCUT2D eigenvalue weighted by molar-refractivity contribution is 14.1. The van der Waals surface area contributed by atoms with E-state index in [2.05, 4.69) is 10.6 Å². The maximum Gasteiger partial charge on any atom is 0.321 e. The van der Waals surface area contributed by atoms with E-state index in [0.717, 1.165) is 6.07 Å². The van der Waals surface area contributed by atoms with E-state index in [9.17, 15) is 19.7 Å². The van der Waals surface area contributed by atoms with Crippen molar-refractivity contribution in [2.24, 2.45) is 0 Å². The third-order valence-corrected chi connectivity index (χ3v) is 2.88. The predicted molar refractivity (Wildman–Crippen MR) is 72.4 cm³/mol. The third-order valence-electron chi connectivity index (χ3n) is 1.97. The van der Waals surface area contributed by atoms with Gasteiger partial charge in [-0.25, -0.2) is 4.79 Å². The molecule has 0 fully saturated rings. The van der Waals surface area contributed by atoms with Crippen LogP contribution < -0.4 is 10.6 Å². The Kier molecular flexibility index (Phi) is 5.01. The van der Waals surface area contributed by atoms with Gasteiger partial charge in [-0.3, -0.25) is 20.2 Å². The Hall–Kier alpha value is -1.71. The number of nitrogens with zero attached hydrogens (tertiary/aromatic N) is 1. The normalized spacial score (nSPS) is 9.67. The first kappa shape index (κ1) is 14.4. The molecule has 0 aliphatic rings. The Balaban J connectivity index is 2.90. The van der Waals surface area contributed by atoms with Gasteiger partial charge in [-0.05, 0) is 41.6 Å². The smallest absolute Gasteiger partial charge is 0.321 e. The summed E-state index contributed by atoms with van der Waals surface area (Å²) in [5.74, 6) is -0.680. The fraction of sp³-hybridized carbons (Fsp3) is 0.200. The Morgan fingerprint density at radius 3 is 2.67 bits per heavy atom. The van der Waals surface area contributed by atoms with Gasteiger partial charge in [0, 0.05) is 18.2 Å². The van der Waals surface area contributed by atoms with Crippen molar-refractivity contribution < 1.29 is 14.5 Å². The number of nitro benzene ring substituents is 1. The Morgan fingerprint density at radius 1 is 1.44 bits per heavy atom. The molecule has 0 atom stereocenters. The van der Waals surface area contributed by atoms with E-state index in [0.29, 0.717) is 10.1 Å². The number of rotatable bonds is 3. The Bertz CT molecular complexity index is 504. The molecule has 1 aromatic rings. The SMILES string of the molecule is CCNC(=O)NC(=O)c1ccc(I)c([N+](=O)[O-])c1. The molecule has 1 aromatic carbocycles. The van der Waals surface area contributed by atoms with Crippen LogP contribution in [0.15, 0.2) is 18.2 Å². The van der Waals surface area contributed by atoms with Crippen LogP contribution >= 0.6 is 22.6 Å². The van der Waals surface area contributed by atoms with Crippen molar-refractivity contribution in [3.05, 3.63) is 37.4 Å². The zero-order valence-corrected chi connectivity index (χ0v) is 11.6. The quantitative estimate of drug-likeness (QED) is 0.485. The lowest BCUT2D eigenvalue weighted by Gasteiger charge is -2.05. The van der Waals surface area contributed by atoms with E-state index >= 15 is 0 Å². The predicted octanol–water partition coefficient (Wildman–Crippen LogP) is 1.66. The summed E-state index contributed by atoms with van der Waals surface area (Å²) in [6.45, 7) is 2.09. The standard InChI is InChI=1S/C10H10IN3O4/c1-2-12-10(16)13-9(15)6-3-4-7(11)8(5-6)14(17)18/h3-5H,2H2,1H3,(H2,12,13,15,16). The van der Waals surface area contributed by atoms with Crippen LogP contribution in [0.25, 0.3) is 0 Å². The maximum absolute atomic E-state index is 11.6. The van der Waals surface area contributed by atoms with Crippen molar-refractivity contribution in [2.45, 2.75) is 6.92 Å². The Labute approximate surface area is 116 Å². The van der Waals surface area contributed by atoms with Crippen LogP contribution in [0.3, 0.4) is 0 Å². The molecule has 0 aliphatic heterocycles. The second kappa shape index (κ2) is 6.28. The van der Waals surface area contributed by atoms with Crippen molar-refractivity contribution in [3.63, 3.8) is 0 Å². The average molecular weight is 363 g/mol. The van der Waals surface area contributed by atoms with Gasteiger partial charge in [-0.15, -0.1) is 0 Å². The molecule has 0 aromatic heterocycles. The van der Waals surface area contributed by atoms with E-state index in [1.54, 1.807) is 29.5 Å². The van der Waals surface area contributed by atoms with Gasteiger partial charge in [-0.2, -0.15) is 0 Å². The number of carbonyl (C=O) groups is 2. The maximum atomic E-state index is 11.6. The summed E-state index contributed by atoms with van der Waals surface area (Å²) in [5.41, 5.74) is -0.104. The Morgan fingerprint density at radius 2 is 2.11 bits per heavy atom.